The van der Waals surface area contributed by atoms with Gasteiger partial charge in [0.05, 0.1) is 6.61 Å². The third kappa shape index (κ3) is 2.66. The summed E-state index contributed by atoms with van der Waals surface area (Å²) in [6.07, 6.45) is 0.903. The van der Waals surface area contributed by atoms with E-state index in [9.17, 15) is 4.39 Å². The van der Waals surface area contributed by atoms with Crippen LogP contribution < -0.4 is 9.47 Å². The van der Waals surface area contributed by atoms with E-state index in [4.69, 9.17) is 9.47 Å². The van der Waals surface area contributed by atoms with Crippen molar-refractivity contribution >= 4 is 15.9 Å². The Kier molecular flexibility index (Phi) is 3.66. The largest absolute Gasteiger partial charge is 0.493 e. The van der Waals surface area contributed by atoms with Crippen LogP contribution in [0.15, 0.2) is 34.8 Å². The summed E-state index contributed by atoms with van der Waals surface area (Å²) >= 11 is 3.48. The fourth-order valence-corrected chi connectivity index (χ4v) is 2.88. The lowest BCUT2D eigenvalue weighted by atomic mass is 10.1. The van der Waals surface area contributed by atoms with E-state index < -0.39 is 0 Å². The summed E-state index contributed by atoms with van der Waals surface area (Å²) in [4.78, 5) is 0. The van der Waals surface area contributed by atoms with Gasteiger partial charge in [-0.1, -0.05) is 22.0 Å². The second-order valence-electron chi connectivity index (χ2n) is 4.87. The molecule has 1 aliphatic rings. The standard InChI is InChI=1S/C16H14BrFO2/c1-10-2-3-14(18)15(6-10)20-9-12-8-13(17)7-11-4-5-19-16(11)12/h2-3,6-8H,4-5,9H2,1H3. The van der Waals surface area contributed by atoms with Crippen molar-refractivity contribution in [2.24, 2.45) is 0 Å². The van der Waals surface area contributed by atoms with Crippen LogP contribution >= 0.6 is 15.9 Å². The molecule has 0 radical (unpaired) electrons. The van der Waals surface area contributed by atoms with Gasteiger partial charge in [0.15, 0.2) is 11.6 Å². The lowest BCUT2D eigenvalue weighted by molar-refractivity contribution is 0.279. The molecular formula is C16H14BrFO2. The first kappa shape index (κ1) is 13.4. The van der Waals surface area contributed by atoms with Gasteiger partial charge in [0.2, 0.25) is 0 Å². The molecule has 0 saturated heterocycles. The minimum atomic E-state index is -0.344. The minimum absolute atomic E-state index is 0.275. The van der Waals surface area contributed by atoms with E-state index in [0.717, 1.165) is 27.8 Å². The Morgan fingerprint density at radius 3 is 3.00 bits per heavy atom. The molecule has 1 aliphatic heterocycles. The minimum Gasteiger partial charge on any atom is -0.493 e. The molecule has 4 heteroatoms. The zero-order chi connectivity index (χ0) is 14.1. The molecule has 0 atom stereocenters. The van der Waals surface area contributed by atoms with Crippen LogP contribution in [0.3, 0.4) is 0 Å². The van der Waals surface area contributed by atoms with Crippen LogP contribution in [-0.4, -0.2) is 6.61 Å². The number of hydrogen-bond acceptors (Lipinski definition) is 2. The molecule has 2 nitrogen and oxygen atoms in total. The Labute approximate surface area is 125 Å². The lowest BCUT2D eigenvalue weighted by Crippen LogP contribution is -2.00. The van der Waals surface area contributed by atoms with Crippen LogP contribution in [0.1, 0.15) is 16.7 Å². The van der Waals surface area contributed by atoms with E-state index in [1.54, 1.807) is 12.1 Å². The first-order valence-corrected chi connectivity index (χ1v) is 7.26. The van der Waals surface area contributed by atoms with Crippen molar-refractivity contribution in [2.75, 3.05) is 6.61 Å². The molecule has 2 aromatic rings. The number of hydrogen-bond donors (Lipinski definition) is 0. The summed E-state index contributed by atoms with van der Waals surface area (Å²) in [5.74, 6) is 0.807. The smallest absolute Gasteiger partial charge is 0.165 e. The van der Waals surface area contributed by atoms with E-state index in [-0.39, 0.29) is 11.6 Å². The van der Waals surface area contributed by atoms with Crippen molar-refractivity contribution < 1.29 is 13.9 Å². The quantitative estimate of drug-likeness (QED) is 0.826. The molecular weight excluding hydrogens is 323 g/mol. The zero-order valence-corrected chi connectivity index (χ0v) is 12.7. The van der Waals surface area contributed by atoms with Gasteiger partial charge >= 0.3 is 0 Å². The maximum atomic E-state index is 13.7. The summed E-state index contributed by atoms with van der Waals surface area (Å²) in [6.45, 7) is 2.89. The van der Waals surface area contributed by atoms with Crippen molar-refractivity contribution in [1.29, 1.82) is 0 Å². The SMILES string of the molecule is Cc1ccc(F)c(OCc2cc(Br)cc3c2OCC3)c1. The van der Waals surface area contributed by atoms with Gasteiger partial charge in [0.25, 0.3) is 0 Å². The molecule has 0 amide bonds. The molecule has 20 heavy (non-hydrogen) atoms. The molecule has 0 aromatic heterocycles. The van der Waals surface area contributed by atoms with Crippen LogP contribution in [0.25, 0.3) is 0 Å². The second-order valence-corrected chi connectivity index (χ2v) is 5.79. The number of halogens is 2. The average molecular weight is 337 g/mol. The third-order valence-corrected chi connectivity index (χ3v) is 3.75. The third-order valence-electron chi connectivity index (χ3n) is 3.30. The summed E-state index contributed by atoms with van der Waals surface area (Å²) in [5, 5.41) is 0. The van der Waals surface area contributed by atoms with Crippen molar-refractivity contribution in [3.63, 3.8) is 0 Å². The number of aryl methyl sites for hydroxylation is 1. The first-order chi connectivity index (χ1) is 9.63. The molecule has 0 aliphatic carbocycles. The van der Waals surface area contributed by atoms with Crippen molar-refractivity contribution in [3.05, 3.63) is 57.3 Å². The van der Waals surface area contributed by atoms with Gasteiger partial charge in [-0.15, -0.1) is 0 Å². The highest BCUT2D eigenvalue weighted by atomic mass is 79.9. The summed E-state index contributed by atoms with van der Waals surface area (Å²) in [5.41, 5.74) is 3.08. The Balaban J connectivity index is 1.84. The molecule has 1 heterocycles. The van der Waals surface area contributed by atoms with E-state index in [1.807, 2.05) is 13.0 Å². The van der Waals surface area contributed by atoms with Crippen molar-refractivity contribution in [3.8, 4) is 11.5 Å². The molecule has 0 saturated carbocycles. The molecule has 0 spiro atoms. The predicted octanol–water partition coefficient (Wildman–Crippen LogP) is 4.41. The highest BCUT2D eigenvalue weighted by molar-refractivity contribution is 9.10. The van der Waals surface area contributed by atoms with Gasteiger partial charge < -0.3 is 9.47 Å². The van der Waals surface area contributed by atoms with Crippen LogP contribution in [0.5, 0.6) is 11.5 Å². The maximum absolute atomic E-state index is 13.7. The van der Waals surface area contributed by atoms with Crippen LogP contribution in [0.2, 0.25) is 0 Å². The maximum Gasteiger partial charge on any atom is 0.165 e. The Hall–Kier alpha value is -1.55. The van der Waals surface area contributed by atoms with Crippen molar-refractivity contribution in [1.82, 2.24) is 0 Å². The Morgan fingerprint density at radius 2 is 2.15 bits per heavy atom. The van der Waals surface area contributed by atoms with Crippen LogP contribution in [-0.2, 0) is 13.0 Å². The fraction of sp³-hybridized carbons (Fsp3) is 0.250. The first-order valence-electron chi connectivity index (χ1n) is 6.46. The Bertz CT molecular complexity index is 655. The van der Waals surface area contributed by atoms with Gasteiger partial charge in [-0.3, -0.25) is 0 Å². The molecule has 2 aromatic carbocycles. The van der Waals surface area contributed by atoms with Crippen LogP contribution in [0, 0.1) is 12.7 Å². The normalized spacial score (nSPS) is 12.9. The molecule has 104 valence electrons. The van der Waals surface area contributed by atoms with Gasteiger partial charge in [-0.25, -0.2) is 4.39 Å². The summed E-state index contributed by atoms with van der Waals surface area (Å²) in [7, 11) is 0. The Morgan fingerprint density at radius 1 is 1.30 bits per heavy atom. The summed E-state index contributed by atoms with van der Waals surface area (Å²) in [6, 6.07) is 8.86. The van der Waals surface area contributed by atoms with Gasteiger partial charge in [0, 0.05) is 16.5 Å². The van der Waals surface area contributed by atoms with Crippen LogP contribution in [0.4, 0.5) is 4.39 Å². The molecule has 3 rings (SSSR count). The van der Waals surface area contributed by atoms with E-state index >= 15 is 0 Å². The van der Waals surface area contributed by atoms with Crippen molar-refractivity contribution in [2.45, 2.75) is 20.0 Å². The molecule has 0 N–H and O–H groups in total. The predicted molar refractivity (Wildman–Crippen MR) is 78.8 cm³/mol. The van der Waals surface area contributed by atoms with E-state index in [2.05, 4.69) is 22.0 Å². The zero-order valence-electron chi connectivity index (χ0n) is 11.1. The van der Waals surface area contributed by atoms with E-state index in [0.29, 0.717) is 13.2 Å². The fourth-order valence-electron chi connectivity index (χ4n) is 2.33. The number of benzene rings is 2. The summed E-state index contributed by atoms with van der Waals surface area (Å²) < 4.78 is 25.9. The van der Waals surface area contributed by atoms with Gasteiger partial charge in [-0.2, -0.15) is 0 Å². The van der Waals surface area contributed by atoms with Gasteiger partial charge in [0.1, 0.15) is 12.4 Å². The number of ether oxygens (including phenoxy) is 2. The van der Waals surface area contributed by atoms with E-state index in [1.165, 1.54) is 11.6 Å². The number of rotatable bonds is 3. The number of fused-ring (bicyclic) bond motifs is 1. The highest BCUT2D eigenvalue weighted by Gasteiger charge is 2.18. The topological polar surface area (TPSA) is 18.5 Å². The molecule has 0 unspecified atom stereocenters. The average Bonchev–Trinajstić information content (AvgIpc) is 2.87. The van der Waals surface area contributed by atoms with Gasteiger partial charge in [-0.05, 0) is 42.3 Å². The second kappa shape index (κ2) is 5.44. The molecule has 0 bridgehead atoms. The highest BCUT2D eigenvalue weighted by Crippen LogP contribution is 2.34. The monoisotopic (exact) mass is 336 g/mol. The molecule has 0 fully saturated rings. The lowest BCUT2D eigenvalue weighted by Gasteiger charge is -2.11.